The highest BCUT2D eigenvalue weighted by Crippen LogP contribution is 2.37. The summed E-state index contributed by atoms with van der Waals surface area (Å²) in [6.45, 7) is 5.89. The van der Waals surface area contributed by atoms with E-state index < -0.39 is 0 Å². The maximum atomic E-state index is 13.4. The Hall–Kier alpha value is -3.35. The first-order chi connectivity index (χ1) is 14.6. The number of ether oxygens (including phenoxy) is 2. The molecule has 2 aliphatic rings. The second-order valence-corrected chi connectivity index (χ2v) is 8.06. The van der Waals surface area contributed by atoms with Gasteiger partial charge in [0.05, 0.1) is 11.3 Å². The number of hydrogen-bond donors (Lipinski definition) is 1. The van der Waals surface area contributed by atoms with Crippen molar-refractivity contribution in [3.8, 4) is 11.5 Å². The van der Waals surface area contributed by atoms with Crippen molar-refractivity contribution in [2.24, 2.45) is 5.92 Å². The fraction of sp³-hybridized carbons (Fsp3) is 0.348. The largest absolute Gasteiger partial charge is 0.454 e. The SMILES string of the molecule is Cc1ccc2c(Nc3ccc4c(c3)OCO4)c(C(=O)N3CCCC(C)C3)cnc2n1. The number of rotatable bonds is 3. The zero-order chi connectivity index (χ0) is 20.7. The number of benzene rings is 1. The molecule has 0 saturated carbocycles. The molecule has 4 heterocycles. The predicted octanol–water partition coefficient (Wildman–Crippen LogP) is 4.28. The van der Waals surface area contributed by atoms with Gasteiger partial charge in [0.2, 0.25) is 6.79 Å². The number of aryl methyl sites for hydroxylation is 1. The number of piperidine rings is 1. The molecule has 5 rings (SSSR count). The van der Waals surface area contributed by atoms with Crippen molar-refractivity contribution in [1.82, 2.24) is 14.9 Å². The van der Waals surface area contributed by atoms with Gasteiger partial charge < -0.3 is 19.7 Å². The lowest BCUT2D eigenvalue weighted by Crippen LogP contribution is -2.39. The van der Waals surface area contributed by atoms with E-state index in [1.54, 1.807) is 6.20 Å². The molecular formula is C23H24N4O3. The molecule has 7 heteroatoms. The molecule has 1 atom stereocenters. The first-order valence-corrected chi connectivity index (χ1v) is 10.3. The Morgan fingerprint density at radius 2 is 2.07 bits per heavy atom. The fourth-order valence-electron chi connectivity index (χ4n) is 4.13. The topological polar surface area (TPSA) is 76.6 Å². The number of amides is 1. The number of hydrogen-bond acceptors (Lipinski definition) is 6. The lowest BCUT2D eigenvalue weighted by Gasteiger charge is -2.31. The van der Waals surface area contributed by atoms with Gasteiger partial charge >= 0.3 is 0 Å². The summed E-state index contributed by atoms with van der Waals surface area (Å²) < 4.78 is 10.9. The van der Waals surface area contributed by atoms with Gasteiger partial charge in [-0.1, -0.05) is 6.92 Å². The highest BCUT2D eigenvalue weighted by Gasteiger charge is 2.26. The third kappa shape index (κ3) is 3.40. The zero-order valence-electron chi connectivity index (χ0n) is 17.1. The Kier molecular flexibility index (Phi) is 4.65. The summed E-state index contributed by atoms with van der Waals surface area (Å²) in [6, 6.07) is 9.57. The summed E-state index contributed by atoms with van der Waals surface area (Å²) in [5, 5.41) is 4.25. The van der Waals surface area contributed by atoms with Crippen LogP contribution in [0.4, 0.5) is 11.4 Å². The average Bonchev–Trinajstić information content (AvgIpc) is 3.21. The van der Waals surface area contributed by atoms with E-state index in [0.29, 0.717) is 22.9 Å². The van der Waals surface area contributed by atoms with Crippen molar-refractivity contribution in [2.45, 2.75) is 26.7 Å². The van der Waals surface area contributed by atoms with Gasteiger partial charge in [0.15, 0.2) is 17.1 Å². The number of nitrogens with one attached hydrogen (secondary N) is 1. The number of anilines is 2. The molecule has 2 aromatic heterocycles. The monoisotopic (exact) mass is 404 g/mol. The lowest BCUT2D eigenvalue weighted by atomic mass is 9.99. The smallest absolute Gasteiger partial charge is 0.257 e. The molecule has 1 unspecified atom stereocenters. The molecular weight excluding hydrogens is 380 g/mol. The van der Waals surface area contributed by atoms with Crippen LogP contribution >= 0.6 is 0 Å². The van der Waals surface area contributed by atoms with E-state index >= 15 is 0 Å². The Labute approximate surface area is 175 Å². The lowest BCUT2D eigenvalue weighted by molar-refractivity contribution is 0.0684. The van der Waals surface area contributed by atoms with Gasteiger partial charge in [0.25, 0.3) is 5.91 Å². The van der Waals surface area contributed by atoms with Crippen molar-refractivity contribution in [1.29, 1.82) is 0 Å². The van der Waals surface area contributed by atoms with E-state index in [1.807, 2.05) is 42.2 Å². The van der Waals surface area contributed by atoms with Crippen LogP contribution in [0.5, 0.6) is 11.5 Å². The van der Waals surface area contributed by atoms with Crippen LogP contribution in [0.25, 0.3) is 11.0 Å². The molecule has 1 N–H and O–H groups in total. The Morgan fingerprint density at radius 3 is 2.93 bits per heavy atom. The van der Waals surface area contributed by atoms with Crippen LogP contribution in [0.3, 0.4) is 0 Å². The molecule has 0 spiro atoms. The maximum Gasteiger partial charge on any atom is 0.257 e. The van der Waals surface area contributed by atoms with Crippen LogP contribution < -0.4 is 14.8 Å². The average molecular weight is 404 g/mol. The van der Waals surface area contributed by atoms with E-state index in [4.69, 9.17) is 9.47 Å². The number of likely N-dealkylation sites (tertiary alicyclic amines) is 1. The third-order valence-corrected chi connectivity index (χ3v) is 5.69. The standard InChI is InChI=1S/C23H24N4O3/c1-14-4-3-9-27(12-14)23(28)18-11-24-22-17(7-5-15(2)25-22)21(18)26-16-6-8-19-20(10-16)30-13-29-19/h5-8,10-11,14H,3-4,9,12-13H2,1-2H3,(H,24,25,26). The number of carbonyl (C=O) groups excluding carboxylic acids is 1. The zero-order valence-corrected chi connectivity index (χ0v) is 17.1. The third-order valence-electron chi connectivity index (χ3n) is 5.69. The molecule has 1 amide bonds. The number of carbonyl (C=O) groups is 1. The molecule has 154 valence electrons. The van der Waals surface area contributed by atoms with Crippen LogP contribution in [0.15, 0.2) is 36.5 Å². The van der Waals surface area contributed by atoms with Crippen molar-refractivity contribution in [3.63, 3.8) is 0 Å². The van der Waals surface area contributed by atoms with Crippen LogP contribution in [0, 0.1) is 12.8 Å². The van der Waals surface area contributed by atoms with Crippen molar-refractivity contribution < 1.29 is 14.3 Å². The van der Waals surface area contributed by atoms with Crippen LogP contribution in [0.2, 0.25) is 0 Å². The second kappa shape index (κ2) is 7.48. The molecule has 1 fully saturated rings. The van der Waals surface area contributed by atoms with Crippen LogP contribution in [-0.4, -0.2) is 40.7 Å². The minimum Gasteiger partial charge on any atom is -0.454 e. The predicted molar refractivity (Wildman–Crippen MR) is 114 cm³/mol. The van der Waals surface area contributed by atoms with Crippen molar-refractivity contribution in [2.75, 3.05) is 25.2 Å². The van der Waals surface area contributed by atoms with Gasteiger partial charge in [-0.05, 0) is 49.9 Å². The number of fused-ring (bicyclic) bond motifs is 2. The molecule has 3 aromatic rings. The number of nitrogens with zero attached hydrogens (tertiary/aromatic N) is 3. The van der Waals surface area contributed by atoms with Crippen molar-refractivity contribution in [3.05, 3.63) is 47.8 Å². The van der Waals surface area contributed by atoms with Gasteiger partial charge in [-0.15, -0.1) is 0 Å². The molecule has 1 saturated heterocycles. The minimum atomic E-state index is -0.000215. The van der Waals surface area contributed by atoms with Gasteiger partial charge in [0, 0.05) is 42.1 Å². The summed E-state index contributed by atoms with van der Waals surface area (Å²) in [4.78, 5) is 24.4. The summed E-state index contributed by atoms with van der Waals surface area (Å²) in [5.41, 5.74) is 3.58. The Morgan fingerprint density at radius 1 is 1.20 bits per heavy atom. The molecule has 0 radical (unpaired) electrons. The van der Waals surface area contributed by atoms with E-state index in [1.165, 1.54) is 0 Å². The first-order valence-electron chi connectivity index (χ1n) is 10.3. The Balaban J connectivity index is 1.58. The quantitative estimate of drug-likeness (QED) is 0.702. The van der Waals surface area contributed by atoms with Gasteiger partial charge in [-0.3, -0.25) is 4.79 Å². The van der Waals surface area contributed by atoms with Crippen molar-refractivity contribution >= 4 is 28.3 Å². The summed E-state index contributed by atoms with van der Waals surface area (Å²) in [7, 11) is 0. The molecule has 7 nitrogen and oxygen atoms in total. The van der Waals surface area contributed by atoms with Gasteiger partial charge in [-0.25, -0.2) is 9.97 Å². The molecule has 1 aromatic carbocycles. The maximum absolute atomic E-state index is 13.4. The fourth-order valence-corrected chi connectivity index (χ4v) is 4.13. The number of aromatic nitrogens is 2. The van der Waals surface area contributed by atoms with Crippen LogP contribution in [0.1, 0.15) is 35.8 Å². The molecule has 0 aliphatic carbocycles. The number of pyridine rings is 2. The van der Waals surface area contributed by atoms with E-state index in [0.717, 1.165) is 54.1 Å². The summed E-state index contributed by atoms with van der Waals surface area (Å²) in [6.07, 6.45) is 3.83. The van der Waals surface area contributed by atoms with E-state index in [-0.39, 0.29) is 12.7 Å². The second-order valence-electron chi connectivity index (χ2n) is 8.06. The first kappa shape index (κ1) is 18.7. The molecule has 30 heavy (non-hydrogen) atoms. The normalized spacial score (nSPS) is 17.9. The van der Waals surface area contributed by atoms with E-state index in [9.17, 15) is 4.79 Å². The molecule has 2 aliphatic heterocycles. The Bertz CT molecular complexity index is 1130. The highest BCUT2D eigenvalue weighted by molar-refractivity contribution is 6.07. The minimum absolute atomic E-state index is 0.000215. The van der Waals surface area contributed by atoms with Crippen LogP contribution in [-0.2, 0) is 0 Å². The molecule has 0 bridgehead atoms. The summed E-state index contributed by atoms with van der Waals surface area (Å²) >= 11 is 0. The summed E-state index contributed by atoms with van der Waals surface area (Å²) in [5.74, 6) is 1.91. The van der Waals surface area contributed by atoms with Gasteiger partial charge in [0.1, 0.15) is 0 Å². The highest BCUT2D eigenvalue weighted by atomic mass is 16.7. The van der Waals surface area contributed by atoms with E-state index in [2.05, 4.69) is 22.2 Å². The van der Waals surface area contributed by atoms with Gasteiger partial charge in [-0.2, -0.15) is 0 Å².